The van der Waals surface area contributed by atoms with Gasteiger partial charge in [-0.15, -0.1) is 0 Å². The van der Waals surface area contributed by atoms with Gasteiger partial charge in [0.15, 0.2) is 0 Å². The van der Waals surface area contributed by atoms with Crippen LogP contribution in [0.1, 0.15) is 136 Å². The third-order valence-corrected chi connectivity index (χ3v) is 6.83. The molecule has 4 heteroatoms. The Morgan fingerprint density at radius 3 is 1.90 bits per heavy atom. The molecule has 0 aromatic heterocycles. The quantitative estimate of drug-likeness (QED) is 0.174. The highest BCUT2D eigenvalue weighted by Gasteiger charge is 2.32. The summed E-state index contributed by atoms with van der Waals surface area (Å²) in [6, 6.07) is 0. The molecule has 0 aromatic carbocycles. The molecular formula is C27H50O4. The van der Waals surface area contributed by atoms with Crippen LogP contribution in [-0.2, 0) is 14.3 Å². The summed E-state index contributed by atoms with van der Waals surface area (Å²) in [5.74, 6) is -0.763. The van der Waals surface area contributed by atoms with Crippen LogP contribution in [0.25, 0.3) is 0 Å². The Kier molecular flexibility index (Phi) is 15.8. The minimum Gasteiger partial charge on any atom is -0.481 e. The number of hydrogen-bond acceptors (Lipinski definition) is 3. The van der Waals surface area contributed by atoms with Gasteiger partial charge in [-0.2, -0.15) is 0 Å². The lowest BCUT2D eigenvalue weighted by Crippen LogP contribution is -2.31. The van der Waals surface area contributed by atoms with Crippen molar-refractivity contribution in [3.8, 4) is 0 Å². The molecule has 0 amide bonds. The second kappa shape index (κ2) is 17.5. The predicted octanol–water partition coefficient (Wildman–Crippen LogP) is 7.93. The molecule has 1 saturated carbocycles. The summed E-state index contributed by atoms with van der Waals surface area (Å²) in [5.41, 5.74) is 0. The average molecular weight is 439 g/mol. The number of rotatable bonds is 18. The van der Waals surface area contributed by atoms with Crippen molar-refractivity contribution in [2.75, 3.05) is 0 Å². The van der Waals surface area contributed by atoms with Crippen LogP contribution in [0.4, 0.5) is 0 Å². The molecule has 1 aliphatic rings. The molecule has 0 radical (unpaired) electrons. The first-order chi connectivity index (χ1) is 14.9. The molecule has 3 unspecified atom stereocenters. The Labute approximate surface area is 191 Å². The number of hydrogen-bond donors (Lipinski definition) is 1. The van der Waals surface area contributed by atoms with Crippen molar-refractivity contribution in [1.82, 2.24) is 0 Å². The number of carbonyl (C=O) groups is 2. The highest BCUT2D eigenvalue weighted by Crippen LogP contribution is 2.31. The number of esters is 1. The van der Waals surface area contributed by atoms with E-state index in [0.717, 1.165) is 44.4 Å². The maximum atomic E-state index is 12.8. The van der Waals surface area contributed by atoms with Gasteiger partial charge in [-0.25, -0.2) is 0 Å². The van der Waals surface area contributed by atoms with Gasteiger partial charge in [0, 0.05) is 0 Å². The minimum atomic E-state index is -0.766. The molecule has 0 bridgehead atoms. The maximum Gasteiger partial charge on any atom is 0.309 e. The Balaban J connectivity index is 2.39. The number of carboxylic acid groups (broad SMARTS) is 1. The largest absolute Gasteiger partial charge is 0.481 e. The van der Waals surface area contributed by atoms with Gasteiger partial charge in [-0.3, -0.25) is 9.59 Å². The van der Waals surface area contributed by atoms with Gasteiger partial charge in [0.2, 0.25) is 0 Å². The van der Waals surface area contributed by atoms with Gasteiger partial charge in [-0.05, 0) is 50.9 Å². The molecule has 1 N–H and O–H groups in total. The van der Waals surface area contributed by atoms with Gasteiger partial charge in [0.1, 0.15) is 6.10 Å². The second-order valence-corrected chi connectivity index (χ2v) is 10.3. The topological polar surface area (TPSA) is 63.6 Å². The summed E-state index contributed by atoms with van der Waals surface area (Å²) >= 11 is 0. The Morgan fingerprint density at radius 2 is 1.32 bits per heavy atom. The van der Waals surface area contributed by atoms with Gasteiger partial charge >= 0.3 is 11.9 Å². The van der Waals surface area contributed by atoms with Crippen molar-refractivity contribution in [1.29, 1.82) is 0 Å². The molecule has 4 nitrogen and oxygen atoms in total. The zero-order valence-corrected chi connectivity index (χ0v) is 20.7. The first-order valence-corrected chi connectivity index (χ1v) is 13.4. The number of ether oxygens (including phenoxy) is 1. The van der Waals surface area contributed by atoms with E-state index in [1.165, 1.54) is 64.2 Å². The van der Waals surface area contributed by atoms with Crippen LogP contribution in [0.15, 0.2) is 0 Å². The van der Waals surface area contributed by atoms with E-state index in [2.05, 4.69) is 20.8 Å². The highest BCUT2D eigenvalue weighted by molar-refractivity contribution is 5.75. The fourth-order valence-corrected chi connectivity index (χ4v) is 4.76. The van der Waals surface area contributed by atoms with E-state index in [1.807, 2.05) is 0 Å². The third kappa shape index (κ3) is 13.9. The fourth-order valence-electron chi connectivity index (χ4n) is 4.76. The normalized spacial score (nSPS) is 20.0. The van der Waals surface area contributed by atoms with E-state index in [9.17, 15) is 14.7 Å². The van der Waals surface area contributed by atoms with E-state index in [0.29, 0.717) is 12.8 Å². The van der Waals surface area contributed by atoms with E-state index >= 15 is 0 Å². The van der Waals surface area contributed by atoms with E-state index in [1.54, 1.807) is 0 Å². The van der Waals surface area contributed by atoms with Gasteiger partial charge in [0.05, 0.1) is 11.8 Å². The third-order valence-electron chi connectivity index (χ3n) is 6.83. The van der Waals surface area contributed by atoms with Crippen molar-refractivity contribution < 1.29 is 19.4 Å². The molecule has 3 atom stereocenters. The standard InChI is InChI=1S/C27H50O4/c1-4-5-6-7-8-9-10-13-19-25(20-14-11-12-16-22(2)3)31-27(30)24-18-15-17-23(21-24)26(28)29/h22-25H,4-21H2,1-3H3,(H,28,29). The highest BCUT2D eigenvalue weighted by atomic mass is 16.5. The Hall–Kier alpha value is -1.06. The van der Waals surface area contributed by atoms with E-state index in [-0.39, 0.29) is 23.9 Å². The molecule has 182 valence electrons. The molecule has 31 heavy (non-hydrogen) atoms. The molecule has 1 rings (SSSR count). The molecule has 1 fully saturated rings. The summed E-state index contributed by atoms with van der Waals surface area (Å²) in [6.07, 6.45) is 19.8. The van der Waals surface area contributed by atoms with Gasteiger partial charge in [0.25, 0.3) is 0 Å². The summed E-state index contributed by atoms with van der Waals surface area (Å²) in [5, 5.41) is 9.31. The Bertz CT molecular complexity index is 474. The maximum absolute atomic E-state index is 12.8. The fraction of sp³-hybridized carbons (Fsp3) is 0.926. The van der Waals surface area contributed by atoms with Crippen molar-refractivity contribution in [2.45, 2.75) is 142 Å². The van der Waals surface area contributed by atoms with E-state index in [4.69, 9.17) is 4.74 Å². The van der Waals surface area contributed by atoms with Crippen molar-refractivity contribution in [3.05, 3.63) is 0 Å². The molecule has 0 aromatic rings. The lowest BCUT2D eigenvalue weighted by Gasteiger charge is -2.27. The SMILES string of the molecule is CCCCCCCCCCC(CCCCCC(C)C)OC(=O)C1CCCC(C(=O)O)C1. The summed E-state index contributed by atoms with van der Waals surface area (Å²) in [6.45, 7) is 6.78. The van der Waals surface area contributed by atoms with Crippen LogP contribution in [-0.4, -0.2) is 23.1 Å². The van der Waals surface area contributed by atoms with Crippen molar-refractivity contribution in [3.63, 3.8) is 0 Å². The smallest absolute Gasteiger partial charge is 0.309 e. The molecule has 0 spiro atoms. The van der Waals surface area contributed by atoms with E-state index < -0.39 is 5.97 Å². The lowest BCUT2D eigenvalue weighted by atomic mass is 9.81. The molecule has 1 aliphatic carbocycles. The first kappa shape index (κ1) is 28.0. The van der Waals surface area contributed by atoms with Crippen LogP contribution >= 0.6 is 0 Å². The van der Waals surface area contributed by atoms with Crippen LogP contribution in [0.2, 0.25) is 0 Å². The van der Waals surface area contributed by atoms with Crippen LogP contribution in [0.5, 0.6) is 0 Å². The second-order valence-electron chi connectivity index (χ2n) is 10.3. The van der Waals surface area contributed by atoms with Gasteiger partial charge in [-0.1, -0.05) is 91.4 Å². The molecule has 0 aliphatic heterocycles. The summed E-state index contributed by atoms with van der Waals surface area (Å²) in [7, 11) is 0. The molecule has 0 saturated heterocycles. The van der Waals surface area contributed by atoms with Crippen LogP contribution in [0, 0.1) is 17.8 Å². The lowest BCUT2D eigenvalue weighted by molar-refractivity contribution is -0.158. The van der Waals surface area contributed by atoms with Crippen LogP contribution in [0.3, 0.4) is 0 Å². The number of carbonyl (C=O) groups excluding carboxylic acids is 1. The monoisotopic (exact) mass is 438 g/mol. The zero-order chi connectivity index (χ0) is 22.9. The number of aliphatic carboxylic acids is 1. The van der Waals surface area contributed by atoms with Gasteiger partial charge < -0.3 is 9.84 Å². The Morgan fingerprint density at radius 1 is 0.806 bits per heavy atom. The zero-order valence-electron chi connectivity index (χ0n) is 20.7. The minimum absolute atomic E-state index is 0.0110. The average Bonchev–Trinajstić information content (AvgIpc) is 2.74. The number of carboxylic acids is 1. The summed E-state index contributed by atoms with van der Waals surface area (Å²) < 4.78 is 5.97. The van der Waals surface area contributed by atoms with Crippen molar-refractivity contribution >= 4 is 11.9 Å². The van der Waals surface area contributed by atoms with Crippen LogP contribution < -0.4 is 0 Å². The molecule has 0 heterocycles. The number of unbranched alkanes of at least 4 members (excludes halogenated alkanes) is 9. The molecular weight excluding hydrogens is 388 g/mol. The first-order valence-electron chi connectivity index (χ1n) is 13.4. The summed E-state index contributed by atoms with van der Waals surface area (Å²) in [4.78, 5) is 24.1. The predicted molar refractivity (Wildman–Crippen MR) is 128 cm³/mol. The van der Waals surface area contributed by atoms with Crippen molar-refractivity contribution in [2.24, 2.45) is 17.8 Å².